The van der Waals surface area contributed by atoms with Crippen LogP contribution in [-0.2, 0) is 38.3 Å². The van der Waals surface area contributed by atoms with Crippen molar-refractivity contribution in [2.45, 2.75) is 71.4 Å². The lowest BCUT2D eigenvalue weighted by molar-refractivity contribution is -0.193. The summed E-state index contributed by atoms with van der Waals surface area (Å²) in [5, 5.41) is 9.22. The molecular formula is C31H34N2O9. The number of allylic oxidation sites excluding steroid dienone is 2. The molecule has 0 aromatic rings. The highest BCUT2D eigenvalue weighted by Gasteiger charge is 2.53. The molecule has 222 valence electrons. The van der Waals surface area contributed by atoms with Gasteiger partial charge in [0.2, 0.25) is 6.04 Å². The number of hydrogen-bond acceptors (Lipinski definition) is 9. The van der Waals surface area contributed by atoms with E-state index in [-0.39, 0.29) is 55.0 Å². The summed E-state index contributed by atoms with van der Waals surface area (Å²) in [6.45, 7) is 22.0. The normalized spacial score (nSPS) is 30.2. The van der Waals surface area contributed by atoms with Crippen LogP contribution < -0.4 is 0 Å². The van der Waals surface area contributed by atoms with Gasteiger partial charge in [-0.05, 0) is 37.0 Å². The second-order valence-corrected chi connectivity index (χ2v) is 10.9. The maximum Gasteiger partial charge on any atom is 0.373 e. The molecule has 0 aromatic carbocycles. The van der Waals surface area contributed by atoms with Crippen LogP contribution in [0.1, 0.15) is 59.8 Å². The molecule has 0 aromatic heterocycles. The number of hydrogen-bond donors (Lipinski definition) is 1. The zero-order valence-corrected chi connectivity index (χ0v) is 24.1. The zero-order valence-electron chi connectivity index (χ0n) is 24.1. The molecule has 4 aliphatic carbocycles. The maximum atomic E-state index is 12.3. The van der Waals surface area contributed by atoms with Gasteiger partial charge in [0.15, 0.2) is 5.78 Å². The Balaban J connectivity index is 0.000000359. The number of aliphatic hydroxyl groups is 1. The van der Waals surface area contributed by atoms with E-state index in [2.05, 4.69) is 9.69 Å². The molecule has 0 saturated heterocycles. The largest absolute Gasteiger partial charge is 0.461 e. The van der Waals surface area contributed by atoms with Gasteiger partial charge in [-0.2, -0.15) is 19.2 Å². The van der Waals surface area contributed by atoms with Crippen LogP contribution in [0.3, 0.4) is 0 Å². The van der Waals surface area contributed by atoms with E-state index >= 15 is 0 Å². The quantitative estimate of drug-likeness (QED) is 0.301. The fourth-order valence-electron chi connectivity index (χ4n) is 5.94. The number of ether oxygens (including phenoxy) is 1. The van der Waals surface area contributed by atoms with Gasteiger partial charge in [-0.3, -0.25) is 14.4 Å². The summed E-state index contributed by atoms with van der Waals surface area (Å²) in [5.41, 5.74) is 0.937. The predicted molar refractivity (Wildman–Crippen MR) is 145 cm³/mol. The summed E-state index contributed by atoms with van der Waals surface area (Å²) in [5.74, 6) is -0.0926. The second-order valence-electron chi connectivity index (χ2n) is 10.9. The molecule has 42 heavy (non-hydrogen) atoms. The molecule has 4 aliphatic rings. The van der Waals surface area contributed by atoms with Crippen molar-refractivity contribution < 1.29 is 43.4 Å². The van der Waals surface area contributed by atoms with Crippen LogP contribution in [0, 0.1) is 29.9 Å². The highest BCUT2D eigenvalue weighted by molar-refractivity contribution is 5.98. The van der Waals surface area contributed by atoms with Gasteiger partial charge in [-0.15, -0.1) is 0 Å². The third kappa shape index (κ3) is 8.02. The van der Waals surface area contributed by atoms with E-state index in [1.54, 1.807) is 6.08 Å². The van der Waals surface area contributed by atoms with Crippen molar-refractivity contribution >= 4 is 29.8 Å². The SMILES string of the molecule is O=C=O.O=C=O.[C-]#[N+][C@@H]1CC=C(CO)C[C@]2(C)C(=O)C=C[C@H]12.[C-]#[N+][C@]1(C)CC=C(COC(C)=O)C[C@]2(C)C(=O)CC=C21. The first-order valence-corrected chi connectivity index (χ1v) is 13.1. The second kappa shape index (κ2) is 15.5. The van der Waals surface area contributed by atoms with Crippen LogP contribution in [-0.4, -0.2) is 59.7 Å². The highest BCUT2D eigenvalue weighted by Crippen LogP contribution is 2.50. The molecule has 0 heterocycles. The summed E-state index contributed by atoms with van der Waals surface area (Å²) in [6.07, 6.45) is 12.5. The van der Waals surface area contributed by atoms with Gasteiger partial charge in [0, 0.05) is 44.1 Å². The summed E-state index contributed by atoms with van der Waals surface area (Å²) < 4.78 is 5.05. The third-order valence-corrected chi connectivity index (χ3v) is 8.14. The van der Waals surface area contributed by atoms with Crippen molar-refractivity contribution in [1.29, 1.82) is 0 Å². The topological polar surface area (TPSA) is 158 Å². The number of esters is 1. The van der Waals surface area contributed by atoms with E-state index in [0.29, 0.717) is 32.1 Å². The Labute approximate surface area is 244 Å². The monoisotopic (exact) mass is 578 g/mol. The van der Waals surface area contributed by atoms with E-state index in [4.69, 9.17) is 37.1 Å². The number of carbonyl (C=O) groups excluding carboxylic acids is 7. The van der Waals surface area contributed by atoms with Gasteiger partial charge in [-0.1, -0.05) is 31.2 Å². The van der Waals surface area contributed by atoms with Crippen LogP contribution in [0.2, 0.25) is 0 Å². The fourth-order valence-corrected chi connectivity index (χ4v) is 5.94. The Kier molecular flexibility index (Phi) is 13.1. The molecule has 0 spiro atoms. The third-order valence-electron chi connectivity index (χ3n) is 8.14. The minimum absolute atomic E-state index is 0.00204. The molecule has 0 radical (unpaired) electrons. The molecule has 0 amide bonds. The van der Waals surface area contributed by atoms with Gasteiger partial charge in [0.1, 0.15) is 12.4 Å². The average Bonchev–Trinajstić information content (AvgIpc) is 3.29. The molecule has 11 heteroatoms. The number of carbonyl (C=O) groups is 3. The molecule has 0 aliphatic heterocycles. The first kappa shape index (κ1) is 35.5. The van der Waals surface area contributed by atoms with E-state index < -0.39 is 16.4 Å². The number of Topliss-reactive ketones (excluding diaryl/α,β-unsaturated/α-hetero) is 1. The fraction of sp³-hybridized carbons (Fsp3) is 0.516. The molecule has 11 nitrogen and oxygen atoms in total. The van der Waals surface area contributed by atoms with E-state index in [9.17, 15) is 19.5 Å². The zero-order chi connectivity index (χ0) is 32.1. The number of rotatable bonds is 3. The highest BCUT2D eigenvalue weighted by atomic mass is 16.5. The molecule has 0 fully saturated rings. The number of nitrogens with zero attached hydrogens (tertiary/aromatic N) is 2. The molecular weight excluding hydrogens is 544 g/mol. The maximum absolute atomic E-state index is 12.3. The Morgan fingerprint density at radius 3 is 2.19 bits per heavy atom. The first-order chi connectivity index (χ1) is 19.8. The summed E-state index contributed by atoms with van der Waals surface area (Å²) in [7, 11) is 0. The summed E-state index contributed by atoms with van der Waals surface area (Å²) >= 11 is 0. The Morgan fingerprint density at radius 1 is 1.05 bits per heavy atom. The van der Waals surface area contributed by atoms with Crippen molar-refractivity contribution in [2.24, 2.45) is 16.7 Å². The first-order valence-electron chi connectivity index (χ1n) is 13.1. The van der Waals surface area contributed by atoms with Gasteiger partial charge >= 0.3 is 18.3 Å². The molecule has 5 atom stereocenters. The van der Waals surface area contributed by atoms with Crippen molar-refractivity contribution in [3.8, 4) is 0 Å². The lowest BCUT2D eigenvalue weighted by atomic mass is 9.71. The van der Waals surface area contributed by atoms with Crippen LogP contribution in [0.4, 0.5) is 0 Å². The number of fused-ring (bicyclic) bond motifs is 2. The summed E-state index contributed by atoms with van der Waals surface area (Å²) in [4.78, 5) is 75.0. The lowest BCUT2D eigenvalue weighted by Crippen LogP contribution is -2.34. The molecule has 4 rings (SSSR count). The van der Waals surface area contributed by atoms with Crippen molar-refractivity contribution in [3.05, 3.63) is 69.9 Å². The summed E-state index contributed by atoms with van der Waals surface area (Å²) in [6, 6.07) is -0.170. The molecule has 1 N–H and O–H groups in total. The van der Waals surface area contributed by atoms with Gasteiger partial charge in [0.25, 0.3) is 5.54 Å². The van der Waals surface area contributed by atoms with Crippen molar-refractivity contribution in [1.82, 2.24) is 0 Å². The number of ketones is 2. The standard InChI is InChI=1S/C16H19NO3.C13H15NO2.2CO2/c1-11(18)20-10-12-7-8-16(3,17-4)13-5-6-14(19)15(13,2)9-12;1-13-7-9(8-15)3-5-11(14-2)10(13)4-6-12(13)16;2*2-1-3/h5,7H,6,8-10H2,1-3H3;3-4,6,10-11,15H,5,7-8H2,1H3;;/t15-,16+;10-,11-,13+;;/m01../s1. The Morgan fingerprint density at radius 2 is 1.67 bits per heavy atom. The predicted octanol–water partition coefficient (Wildman–Crippen LogP) is 3.43. The van der Waals surface area contributed by atoms with Crippen LogP contribution in [0.5, 0.6) is 0 Å². The van der Waals surface area contributed by atoms with Crippen LogP contribution in [0.25, 0.3) is 9.69 Å². The molecule has 0 unspecified atom stereocenters. The molecule has 0 saturated carbocycles. The van der Waals surface area contributed by atoms with Gasteiger partial charge in [-0.25, -0.2) is 13.1 Å². The average molecular weight is 579 g/mol. The van der Waals surface area contributed by atoms with Gasteiger partial charge in [0.05, 0.1) is 17.9 Å². The van der Waals surface area contributed by atoms with E-state index in [0.717, 1.165) is 16.7 Å². The van der Waals surface area contributed by atoms with Crippen molar-refractivity contribution in [3.63, 3.8) is 0 Å². The number of aliphatic hydroxyl groups excluding tert-OH is 1. The Bertz CT molecular complexity index is 1330. The lowest BCUT2D eigenvalue weighted by Gasteiger charge is -2.29. The van der Waals surface area contributed by atoms with Gasteiger partial charge < -0.3 is 19.5 Å². The molecule has 0 bridgehead atoms. The smallest absolute Gasteiger partial charge is 0.373 e. The van der Waals surface area contributed by atoms with Crippen molar-refractivity contribution in [2.75, 3.05) is 13.2 Å². The minimum Gasteiger partial charge on any atom is -0.461 e. The van der Waals surface area contributed by atoms with E-state index in [1.165, 1.54) is 6.92 Å². The minimum atomic E-state index is -0.668. The van der Waals surface area contributed by atoms with E-state index in [1.807, 2.05) is 45.1 Å². The van der Waals surface area contributed by atoms with Crippen LogP contribution >= 0.6 is 0 Å². The Hall–Kier alpha value is -4.53. The van der Waals surface area contributed by atoms with Crippen LogP contribution in [0.15, 0.2) is 47.1 Å².